The van der Waals surface area contributed by atoms with Gasteiger partial charge in [-0.1, -0.05) is 12.1 Å². The fourth-order valence-electron chi connectivity index (χ4n) is 2.98. The Labute approximate surface area is 157 Å². The Morgan fingerprint density at radius 2 is 1.88 bits per heavy atom. The van der Waals surface area contributed by atoms with Crippen molar-refractivity contribution in [2.45, 2.75) is 32.1 Å². The monoisotopic (exact) mass is 372 g/mol. The van der Waals surface area contributed by atoms with Gasteiger partial charge in [0.25, 0.3) is 5.91 Å². The van der Waals surface area contributed by atoms with E-state index in [1.165, 1.54) is 11.3 Å². The fraction of sp³-hybridized carbons (Fsp3) is 0.421. The number of carbonyl (C=O) groups excluding carboxylic acids is 2. The van der Waals surface area contributed by atoms with Crippen molar-refractivity contribution >= 4 is 28.8 Å². The van der Waals surface area contributed by atoms with E-state index in [-0.39, 0.29) is 11.8 Å². The minimum Gasteiger partial charge on any atom is -0.343 e. The summed E-state index contributed by atoms with van der Waals surface area (Å²) >= 11 is 1.45. The molecule has 2 aromatic rings. The second kappa shape index (κ2) is 8.91. The standard InChI is InChI=1S/C19H24N4O2S/c20-10-9-17-22-16(13-26-17)19(25)21-15-6-3-14(4-7-15)5-8-18(24)23-11-1-2-12-23/h3-4,6-7,13H,1-2,5,8-12,20H2,(H,21,25). The first-order valence-corrected chi connectivity index (χ1v) is 9.86. The predicted molar refractivity (Wildman–Crippen MR) is 103 cm³/mol. The number of aromatic nitrogens is 1. The number of carbonyl (C=O) groups is 2. The number of hydrogen-bond acceptors (Lipinski definition) is 5. The number of aryl methyl sites for hydroxylation is 1. The van der Waals surface area contributed by atoms with Crippen LogP contribution < -0.4 is 11.1 Å². The Morgan fingerprint density at radius 3 is 2.58 bits per heavy atom. The van der Waals surface area contributed by atoms with E-state index < -0.39 is 0 Å². The van der Waals surface area contributed by atoms with Crippen molar-refractivity contribution in [3.05, 3.63) is 45.9 Å². The molecule has 1 aromatic heterocycles. The zero-order valence-corrected chi connectivity index (χ0v) is 15.6. The second-order valence-electron chi connectivity index (χ2n) is 6.40. The number of nitrogens with two attached hydrogens (primary N) is 1. The summed E-state index contributed by atoms with van der Waals surface area (Å²) in [5.41, 5.74) is 7.73. The Bertz CT molecular complexity index is 751. The van der Waals surface area contributed by atoms with Crippen LogP contribution in [-0.4, -0.2) is 41.3 Å². The molecule has 0 atom stereocenters. The molecular weight excluding hydrogens is 348 g/mol. The van der Waals surface area contributed by atoms with Crippen LogP contribution in [-0.2, 0) is 17.6 Å². The Balaban J connectivity index is 1.50. The van der Waals surface area contributed by atoms with Crippen molar-refractivity contribution in [1.29, 1.82) is 0 Å². The van der Waals surface area contributed by atoms with Gasteiger partial charge in [-0.05, 0) is 43.5 Å². The summed E-state index contributed by atoms with van der Waals surface area (Å²) < 4.78 is 0. The van der Waals surface area contributed by atoms with E-state index >= 15 is 0 Å². The largest absolute Gasteiger partial charge is 0.343 e. The number of nitrogens with one attached hydrogen (secondary N) is 1. The molecule has 1 fully saturated rings. The Hall–Kier alpha value is -2.25. The molecule has 7 heteroatoms. The minimum atomic E-state index is -0.221. The molecule has 3 rings (SSSR count). The molecule has 138 valence electrons. The zero-order valence-electron chi connectivity index (χ0n) is 14.7. The Kier molecular flexibility index (Phi) is 6.35. The molecule has 0 unspecified atom stereocenters. The normalized spacial score (nSPS) is 13.8. The van der Waals surface area contributed by atoms with Crippen molar-refractivity contribution < 1.29 is 9.59 Å². The Morgan fingerprint density at radius 1 is 1.15 bits per heavy atom. The number of rotatable bonds is 7. The summed E-state index contributed by atoms with van der Waals surface area (Å²) in [5.74, 6) is 0.0122. The molecule has 2 heterocycles. The summed E-state index contributed by atoms with van der Waals surface area (Å²) in [6.07, 6.45) is 4.18. The van der Waals surface area contributed by atoms with E-state index in [4.69, 9.17) is 5.73 Å². The molecule has 0 spiro atoms. The highest BCUT2D eigenvalue weighted by molar-refractivity contribution is 7.09. The van der Waals surface area contributed by atoms with Crippen LogP contribution in [0.1, 0.15) is 40.3 Å². The van der Waals surface area contributed by atoms with Gasteiger partial charge in [0, 0.05) is 37.0 Å². The topological polar surface area (TPSA) is 88.3 Å². The third-order valence-electron chi connectivity index (χ3n) is 4.44. The first-order valence-electron chi connectivity index (χ1n) is 8.98. The third-order valence-corrected chi connectivity index (χ3v) is 5.35. The number of thiazole rings is 1. The van der Waals surface area contributed by atoms with E-state index in [2.05, 4.69) is 10.3 Å². The van der Waals surface area contributed by atoms with Gasteiger partial charge in [-0.25, -0.2) is 4.98 Å². The summed E-state index contributed by atoms with van der Waals surface area (Å²) in [6, 6.07) is 7.63. The number of nitrogens with zero attached hydrogens (tertiary/aromatic N) is 2. The van der Waals surface area contributed by atoms with Crippen molar-refractivity contribution in [2.24, 2.45) is 5.73 Å². The molecule has 6 nitrogen and oxygen atoms in total. The summed E-state index contributed by atoms with van der Waals surface area (Å²) in [4.78, 5) is 30.6. The van der Waals surface area contributed by atoms with Crippen molar-refractivity contribution in [3.63, 3.8) is 0 Å². The van der Waals surface area contributed by atoms with E-state index in [1.807, 2.05) is 29.2 Å². The average molecular weight is 372 g/mol. The van der Waals surface area contributed by atoms with Crippen LogP contribution in [0.2, 0.25) is 0 Å². The lowest BCUT2D eigenvalue weighted by atomic mass is 10.1. The highest BCUT2D eigenvalue weighted by Gasteiger charge is 2.17. The van der Waals surface area contributed by atoms with Gasteiger partial charge in [-0.2, -0.15) is 0 Å². The van der Waals surface area contributed by atoms with Crippen molar-refractivity contribution in [3.8, 4) is 0 Å². The van der Waals surface area contributed by atoms with Crippen LogP contribution in [0.5, 0.6) is 0 Å². The van der Waals surface area contributed by atoms with Gasteiger partial charge in [-0.3, -0.25) is 9.59 Å². The molecule has 1 aliphatic heterocycles. The van der Waals surface area contributed by atoms with Gasteiger partial charge in [0.2, 0.25) is 5.91 Å². The lowest BCUT2D eigenvalue weighted by molar-refractivity contribution is -0.130. The van der Waals surface area contributed by atoms with E-state index in [9.17, 15) is 9.59 Å². The number of benzene rings is 1. The van der Waals surface area contributed by atoms with Crippen LogP contribution in [0.25, 0.3) is 0 Å². The van der Waals surface area contributed by atoms with E-state index in [0.717, 1.165) is 48.6 Å². The molecule has 0 radical (unpaired) electrons. The first kappa shape index (κ1) is 18.5. The summed E-state index contributed by atoms with van der Waals surface area (Å²) in [6.45, 7) is 2.32. The maximum absolute atomic E-state index is 12.2. The SMILES string of the molecule is NCCc1nc(C(=O)Nc2ccc(CCC(=O)N3CCCC3)cc2)cs1. The predicted octanol–water partition coefficient (Wildman–Crippen LogP) is 2.45. The van der Waals surface area contributed by atoms with E-state index in [1.54, 1.807) is 5.38 Å². The van der Waals surface area contributed by atoms with Gasteiger partial charge >= 0.3 is 0 Å². The molecule has 1 aliphatic rings. The van der Waals surface area contributed by atoms with Crippen LogP contribution >= 0.6 is 11.3 Å². The summed E-state index contributed by atoms with van der Waals surface area (Å²) in [7, 11) is 0. The molecule has 26 heavy (non-hydrogen) atoms. The van der Waals surface area contributed by atoms with Gasteiger partial charge in [0.15, 0.2) is 0 Å². The molecule has 0 saturated carbocycles. The van der Waals surface area contributed by atoms with Crippen LogP contribution in [0, 0.1) is 0 Å². The molecule has 1 aromatic carbocycles. The lowest BCUT2D eigenvalue weighted by Gasteiger charge is -2.15. The van der Waals surface area contributed by atoms with Gasteiger partial charge in [0.1, 0.15) is 5.69 Å². The van der Waals surface area contributed by atoms with Gasteiger partial charge in [-0.15, -0.1) is 11.3 Å². The van der Waals surface area contributed by atoms with Crippen molar-refractivity contribution in [2.75, 3.05) is 25.0 Å². The number of anilines is 1. The fourth-order valence-corrected chi connectivity index (χ4v) is 3.77. The number of hydrogen-bond donors (Lipinski definition) is 2. The maximum Gasteiger partial charge on any atom is 0.275 e. The van der Waals surface area contributed by atoms with Crippen LogP contribution in [0.15, 0.2) is 29.6 Å². The van der Waals surface area contributed by atoms with Crippen molar-refractivity contribution in [1.82, 2.24) is 9.88 Å². The highest BCUT2D eigenvalue weighted by Crippen LogP contribution is 2.16. The van der Waals surface area contributed by atoms with Gasteiger partial charge < -0.3 is 16.0 Å². The highest BCUT2D eigenvalue weighted by atomic mass is 32.1. The first-order chi connectivity index (χ1) is 12.7. The second-order valence-corrected chi connectivity index (χ2v) is 7.35. The molecular formula is C19H24N4O2S. The minimum absolute atomic E-state index is 0.221. The smallest absolute Gasteiger partial charge is 0.275 e. The zero-order chi connectivity index (χ0) is 18.4. The quantitative estimate of drug-likeness (QED) is 0.781. The lowest BCUT2D eigenvalue weighted by Crippen LogP contribution is -2.27. The molecule has 0 bridgehead atoms. The third kappa shape index (κ3) is 4.89. The van der Waals surface area contributed by atoms with Gasteiger partial charge in [0.05, 0.1) is 5.01 Å². The van der Waals surface area contributed by atoms with Crippen LogP contribution in [0.3, 0.4) is 0 Å². The molecule has 0 aliphatic carbocycles. The molecule has 3 N–H and O–H groups in total. The maximum atomic E-state index is 12.2. The molecule has 2 amide bonds. The summed E-state index contributed by atoms with van der Waals surface area (Å²) in [5, 5.41) is 5.47. The molecule has 1 saturated heterocycles. The number of likely N-dealkylation sites (tertiary alicyclic amines) is 1. The van der Waals surface area contributed by atoms with E-state index in [0.29, 0.717) is 25.1 Å². The number of amides is 2. The average Bonchev–Trinajstić information content (AvgIpc) is 3.33. The van der Waals surface area contributed by atoms with Crippen LogP contribution in [0.4, 0.5) is 5.69 Å².